The molecule has 0 aliphatic carbocycles. The van der Waals surface area contributed by atoms with Crippen LogP contribution in [0.4, 0.5) is 8.78 Å². The summed E-state index contributed by atoms with van der Waals surface area (Å²) in [7, 11) is 0. The van der Waals surface area contributed by atoms with Crippen LogP contribution in [0.5, 0.6) is 0 Å². The summed E-state index contributed by atoms with van der Waals surface area (Å²) in [6.07, 6.45) is -2.05. The van der Waals surface area contributed by atoms with Gasteiger partial charge in [0.05, 0.1) is 5.92 Å². The zero-order chi connectivity index (χ0) is 12.4. The zero-order valence-corrected chi connectivity index (χ0v) is 9.07. The smallest absolute Gasteiger partial charge is 0.307 e. The maximum absolute atomic E-state index is 12.5. The van der Waals surface area contributed by atoms with Gasteiger partial charge in [-0.15, -0.1) is 0 Å². The van der Waals surface area contributed by atoms with Crippen LogP contribution in [0.25, 0.3) is 0 Å². The van der Waals surface area contributed by atoms with Crippen LogP contribution in [0.3, 0.4) is 0 Å². The molecule has 1 aromatic carbocycles. The fourth-order valence-corrected chi connectivity index (χ4v) is 2.09. The Bertz CT molecular complexity index is 423. The fourth-order valence-electron chi connectivity index (χ4n) is 2.09. The van der Waals surface area contributed by atoms with Gasteiger partial charge in [0.1, 0.15) is 0 Å². The van der Waals surface area contributed by atoms with Crippen molar-refractivity contribution < 1.29 is 18.7 Å². The van der Waals surface area contributed by atoms with Crippen molar-refractivity contribution in [2.24, 2.45) is 5.92 Å². The second kappa shape index (κ2) is 4.79. The van der Waals surface area contributed by atoms with Crippen molar-refractivity contribution in [2.75, 3.05) is 6.54 Å². The van der Waals surface area contributed by atoms with Crippen LogP contribution in [0, 0.1) is 5.92 Å². The van der Waals surface area contributed by atoms with E-state index >= 15 is 0 Å². The van der Waals surface area contributed by atoms with Crippen LogP contribution in [0.15, 0.2) is 24.3 Å². The van der Waals surface area contributed by atoms with E-state index in [0.29, 0.717) is 13.0 Å². The van der Waals surface area contributed by atoms with Gasteiger partial charge >= 0.3 is 5.97 Å². The first-order chi connectivity index (χ1) is 8.08. The minimum Gasteiger partial charge on any atom is -0.481 e. The summed E-state index contributed by atoms with van der Waals surface area (Å²) in [6, 6.07) is 5.99. The van der Waals surface area contributed by atoms with Gasteiger partial charge in [-0.3, -0.25) is 4.79 Å². The highest BCUT2D eigenvalue weighted by atomic mass is 19.3. The molecule has 1 aromatic rings. The largest absolute Gasteiger partial charge is 0.481 e. The lowest BCUT2D eigenvalue weighted by molar-refractivity contribution is -0.141. The van der Waals surface area contributed by atoms with Crippen molar-refractivity contribution in [3.63, 3.8) is 0 Å². The lowest BCUT2D eigenvalue weighted by atomic mass is 9.99. The maximum Gasteiger partial charge on any atom is 0.307 e. The summed E-state index contributed by atoms with van der Waals surface area (Å²) < 4.78 is 25.0. The first-order valence-electron chi connectivity index (χ1n) is 5.42. The Labute approximate surface area is 97.5 Å². The second-order valence-electron chi connectivity index (χ2n) is 4.20. The summed E-state index contributed by atoms with van der Waals surface area (Å²) in [5.41, 5.74) is 0.703. The highest BCUT2D eigenvalue weighted by Gasteiger charge is 2.30. The first kappa shape index (κ1) is 12.0. The Kier molecular flexibility index (Phi) is 3.38. The quantitative estimate of drug-likeness (QED) is 0.854. The van der Waals surface area contributed by atoms with Gasteiger partial charge in [0.2, 0.25) is 0 Å². The van der Waals surface area contributed by atoms with Gasteiger partial charge in [-0.1, -0.05) is 18.2 Å². The van der Waals surface area contributed by atoms with Crippen LogP contribution in [0.2, 0.25) is 0 Å². The summed E-state index contributed by atoms with van der Waals surface area (Å²) in [5, 5.41) is 11.9. The van der Waals surface area contributed by atoms with Gasteiger partial charge < -0.3 is 10.4 Å². The van der Waals surface area contributed by atoms with Crippen molar-refractivity contribution in [1.82, 2.24) is 5.32 Å². The van der Waals surface area contributed by atoms with Crippen LogP contribution >= 0.6 is 0 Å². The number of carboxylic acid groups (broad SMARTS) is 1. The van der Waals surface area contributed by atoms with Gasteiger partial charge in [0.15, 0.2) is 0 Å². The molecule has 2 N–H and O–H groups in total. The number of nitrogens with one attached hydrogen (secondary N) is 1. The van der Waals surface area contributed by atoms with E-state index in [2.05, 4.69) is 5.32 Å². The standard InChI is InChI=1S/C12H13F2NO2/c13-11(14)8-3-1-2-7(4-8)10-5-9(6-15-10)12(16)17/h1-4,9-11,15H,5-6H2,(H,16,17). The monoisotopic (exact) mass is 241 g/mol. The molecule has 92 valence electrons. The molecule has 0 amide bonds. The van der Waals surface area contributed by atoms with Crippen LogP contribution < -0.4 is 5.32 Å². The summed E-state index contributed by atoms with van der Waals surface area (Å²) in [6.45, 7) is 0.388. The number of hydrogen-bond donors (Lipinski definition) is 2. The first-order valence-corrected chi connectivity index (χ1v) is 5.42. The number of rotatable bonds is 3. The molecule has 17 heavy (non-hydrogen) atoms. The van der Waals surface area contributed by atoms with E-state index in [1.807, 2.05) is 0 Å². The van der Waals surface area contributed by atoms with Crippen LogP contribution in [0.1, 0.15) is 30.0 Å². The Hall–Kier alpha value is -1.49. The Morgan fingerprint density at radius 3 is 2.82 bits per heavy atom. The Morgan fingerprint density at radius 2 is 2.24 bits per heavy atom. The van der Waals surface area contributed by atoms with Crippen molar-refractivity contribution >= 4 is 5.97 Å². The van der Waals surface area contributed by atoms with E-state index in [0.717, 1.165) is 5.56 Å². The molecule has 2 rings (SSSR count). The molecule has 0 radical (unpaired) electrons. The Balaban J connectivity index is 2.13. The third-order valence-corrected chi connectivity index (χ3v) is 3.05. The number of hydrogen-bond acceptors (Lipinski definition) is 2. The molecule has 0 bridgehead atoms. The molecule has 1 aliphatic rings. The van der Waals surface area contributed by atoms with Crippen LogP contribution in [-0.4, -0.2) is 17.6 Å². The fraction of sp³-hybridized carbons (Fsp3) is 0.417. The second-order valence-corrected chi connectivity index (χ2v) is 4.20. The third-order valence-electron chi connectivity index (χ3n) is 3.05. The third kappa shape index (κ3) is 2.61. The van der Waals surface area contributed by atoms with Gasteiger partial charge in [-0.2, -0.15) is 0 Å². The normalized spacial score (nSPS) is 24.2. The molecule has 1 fully saturated rings. The predicted octanol–water partition coefficient (Wildman–Crippen LogP) is 2.36. The average molecular weight is 241 g/mol. The lowest BCUT2D eigenvalue weighted by Gasteiger charge is -2.11. The highest BCUT2D eigenvalue weighted by molar-refractivity contribution is 5.70. The van der Waals surface area contributed by atoms with Crippen molar-refractivity contribution in [1.29, 1.82) is 0 Å². The molecule has 2 atom stereocenters. The van der Waals surface area contributed by atoms with E-state index in [4.69, 9.17) is 5.11 Å². The van der Waals surface area contributed by atoms with Gasteiger partial charge in [0.25, 0.3) is 6.43 Å². The van der Waals surface area contributed by atoms with Crippen molar-refractivity contribution in [3.05, 3.63) is 35.4 Å². The number of carbonyl (C=O) groups is 1. The number of benzene rings is 1. The van der Waals surface area contributed by atoms with E-state index < -0.39 is 18.3 Å². The van der Waals surface area contributed by atoms with Gasteiger partial charge in [-0.25, -0.2) is 8.78 Å². The number of alkyl halides is 2. The summed E-state index contributed by atoms with van der Waals surface area (Å²) >= 11 is 0. The molecule has 5 heteroatoms. The minimum absolute atomic E-state index is 0.0249. The van der Waals surface area contributed by atoms with E-state index in [-0.39, 0.29) is 11.6 Å². The Morgan fingerprint density at radius 1 is 1.47 bits per heavy atom. The maximum atomic E-state index is 12.5. The van der Waals surface area contributed by atoms with Crippen LogP contribution in [-0.2, 0) is 4.79 Å². The topological polar surface area (TPSA) is 49.3 Å². The molecular formula is C12H13F2NO2. The molecule has 1 heterocycles. The molecule has 0 saturated carbocycles. The van der Waals surface area contributed by atoms with Crippen molar-refractivity contribution in [3.8, 4) is 0 Å². The van der Waals surface area contributed by atoms with Gasteiger partial charge in [-0.05, 0) is 18.1 Å². The van der Waals surface area contributed by atoms with E-state index in [1.165, 1.54) is 12.1 Å². The molecule has 1 aliphatic heterocycles. The molecule has 1 saturated heterocycles. The number of aliphatic carboxylic acids is 1. The van der Waals surface area contributed by atoms with Crippen molar-refractivity contribution in [2.45, 2.75) is 18.9 Å². The number of halogens is 2. The molecule has 0 spiro atoms. The molecule has 0 aromatic heterocycles. The molecule has 2 unspecified atom stereocenters. The predicted molar refractivity (Wildman–Crippen MR) is 57.9 cm³/mol. The van der Waals surface area contributed by atoms with E-state index in [1.54, 1.807) is 12.1 Å². The average Bonchev–Trinajstić information content (AvgIpc) is 2.78. The zero-order valence-electron chi connectivity index (χ0n) is 9.07. The van der Waals surface area contributed by atoms with Gasteiger partial charge in [0, 0.05) is 18.2 Å². The SMILES string of the molecule is O=C(O)C1CNC(c2cccc(C(F)F)c2)C1. The highest BCUT2D eigenvalue weighted by Crippen LogP contribution is 2.29. The molecule has 3 nitrogen and oxygen atoms in total. The minimum atomic E-state index is -2.49. The molecular weight excluding hydrogens is 228 g/mol. The number of carboxylic acids is 1. The summed E-state index contributed by atoms with van der Waals surface area (Å²) in [4.78, 5) is 10.8. The van der Waals surface area contributed by atoms with E-state index in [9.17, 15) is 13.6 Å². The summed E-state index contributed by atoms with van der Waals surface area (Å²) in [5.74, 6) is -1.28. The lowest BCUT2D eigenvalue weighted by Crippen LogP contribution is -2.17.